The molecule has 2 N–H and O–H groups in total. The van der Waals surface area contributed by atoms with E-state index in [0.29, 0.717) is 5.11 Å². The lowest BCUT2D eigenvalue weighted by molar-refractivity contribution is -0.116. The third-order valence-corrected chi connectivity index (χ3v) is 7.50. The Labute approximate surface area is 218 Å². The summed E-state index contributed by atoms with van der Waals surface area (Å²) < 4.78 is 0. The van der Waals surface area contributed by atoms with Gasteiger partial charge in [0, 0.05) is 30.2 Å². The Morgan fingerprint density at radius 1 is 1.11 bits per heavy atom. The number of hydrogen-bond acceptors (Lipinski definition) is 4. The van der Waals surface area contributed by atoms with Crippen LogP contribution < -0.4 is 15.5 Å². The molecule has 0 bridgehead atoms. The summed E-state index contributed by atoms with van der Waals surface area (Å²) in [5, 5.41) is 6.97. The molecule has 36 heavy (non-hydrogen) atoms. The van der Waals surface area contributed by atoms with Crippen LogP contribution in [0.1, 0.15) is 49.7 Å². The Morgan fingerprint density at radius 2 is 1.86 bits per heavy atom. The molecule has 0 aliphatic carbocycles. The van der Waals surface area contributed by atoms with Crippen LogP contribution in [0.5, 0.6) is 0 Å². The number of carbonyl (C=O) groups excluding carboxylic acids is 1. The standard InChI is InChI=1S/C29H31N5OS/c1-19-17-29(2,3)33(4)24-14-13-20(16-22(19)24)27-26(23-12-8-9-15-30-23)32-28(36)34(27)18-25(35)31-21-10-6-5-7-11-21/h5-17,26-27H,18H2,1-4H3,(H,31,35)(H,32,36)/t26-,27+/m1/s1. The molecule has 5 rings (SSSR count). The number of nitrogens with zero attached hydrogens (tertiary/aromatic N) is 3. The maximum absolute atomic E-state index is 13.1. The number of likely N-dealkylation sites (N-methyl/N-ethyl adjacent to an activating group) is 1. The molecule has 3 heterocycles. The quantitative estimate of drug-likeness (QED) is 0.465. The number of nitrogens with one attached hydrogen (secondary N) is 2. The number of benzene rings is 2. The van der Waals surface area contributed by atoms with E-state index in [9.17, 15) is 4.79 Å². The highest BCUT2D eigenvalue weighted by Crippen LogP contribution is 2.43. The van der Waals surface area contributed by atoms with Crippen LogP contribution in [-0.2, 0) is 4.79 Å². The lowest BCUT2D eigenvalue weighted by atomic mass is 9.86. The first kappa shape index (κ1) is 24.0. The molecule has 184 valence electrons. The van der Waals surface area contributed by atoms with Gasteiger partial charge in [0.1, 0.15) is 6.54 Å². The molecule has 0 radical (unpaired) electrons. The molecular formula is C29H31N5OS. The summed E-state index contributed by atoms with van der Waals surface area (Å²) in [7, 11) is 2.13. The van der Waals surface area contributed by atoms with Gasteiger partial charge in [-0.15, -0.1) is 0 Å². The highest BCUT2D eigenvalue weighted by molar-refractivity contribution is 7.80. The summed E-state index contributed by atoms with van der Waals surface area (Å²) in [5.74, 6) is -0.118. The van der Waals surface area contributed by atoms with E-state index in [2.05, 4.69) is 72.6 Å². The van der Waals surface area contributed by atoms with E-state index in [1.54, 1.807) is 6.20 Å². The lowest BCUT2D eigenvalue weighted by Crippen LogP contribution is -2.42. The van der Waals surface area contributed by atoms with Gasteiger partial charge < -0.3 is 20.4 Å². The van der Waals surface area contributed by atoms with Crippen LogP contribution in [0.4, 0.5) is 11.4 Å². The van der Waals surface area contributed by atoms with Gasteiger partial charge in [-0.05, 0) is 80.5 Å². The van der Waals surface area contributed by atoms with Crippen LogP contribution in [-0.4, -0.2) is 40.0 Å². The van der Waals surface area contributed by atoms with Crippen LogP contribution in [0.15, 0.2) is 79.0 Å². The molecule has 0 unspecified atom stereocenters. The summed E-state index contributed by atoms with van der Waals surface area (Å²) in [6, 6.07) is 21.6. The topological polar surface area (TPSA) is 60.5 Å². The van der Waals surface area contributed by atoms with E-state index in [-0.39, 0.29) is 30.1 Å². The maximum Gasteiger partial charge on any atom is 0.244 e. The molecular weight excluding hydrogens is 466 g/mol. The Hall–Kier alpha value is -3.71. The number of pyridine rings is 1. The number of allylic oxidation sites excluding steroid dienone is 1. The third kappa shape index (κ3) is 4.46. The van der Waals surface area contributed by atoms with E-state index in [1.165, 1.54) is 16.8 Å². The number of anilines is 2. The largest absolute Gasteiger partial charge is 0.366 e. The van der Waals surface area contributed by atoms with Crippen LogP contribution >= 0.6 is 12.2 Å². The van der Waals surface area contributed by atoms with Crippen molar-refractivity contribution in [3.05, 3.63) is 95.8 Å². The first-order valence-corrected chi connectivity index (χ1v) is 12.6. The average Bonchev–Trinajstić information content (AvgIpc) is 3.19. The van der Waals surface area contributed by atoms with Gasteiger partial charge in [-0.1, -0.05) is 36.4 Å². The first-order chi connectivity index (χ1) is 17.2. The molecule has 6 nitrogen and oxygen atoms in total. The Kier molecular flexibility index (Phi) is 6.26. The zero-order chi connectivity index (χ0) is 25.4. The van der Waals surface area contributed by atoms with Crippen LogP contribution in [0.2, 0.25) is 0 Å². The second kappa shape index (κ2) is 9.39. The summed E-state index contributed by atoms with van der Waals surface area (Å²) in [6.07, 6.45) is 4.09. The molecule has 2 atom stereocenters. The smallest absolute Gasteiger partial charge is 0.244 e. The first-order valence-electron chi connectivity index (χ1n) is 12.2. The molecule has 7 heteroatoms. The van der Waals surface area contributed by atoms with Gasteiger partial charge >= 0.3 is 0 Å². The number of amides is 1. The number of thiocarbonyl (C=S) groups is 1. The third-order valence-electron chi connectivity index (χ3n) is 7.15. The van der Waals surface area contributed by atoms with E-state index < -0.39 is 0 Å². The monoisotopic (exact) mass is 497 g/mol. The maximum atomic E-state index is 13.1. The van der Waals surface area contributed by atoms with Crippen LogP contribution in [0.25, 0.3) is 5.57 Å². The predicted molar refractivity (Wildman–Crippen MR) is 150 cm³/mol. The molecule has 3 aromatic rings. The zero-order valence-corrected chi connectivity index (χ0v) is 21.8. The van der Waals surface area contributed by atoms with Gasteiger partial charge in [-0.3, -0.25) is 9.78 Å². The fourth-order valence-electron chi connectivity index (χ4n) is 5.18. The fraction of sp³-hybridized carbons (Fsp3) is 0.276. The van der Waals surface area contributed by atoms with Crippen molar-refractivity contribution in [3.63, 3.8) is 0 Å². The number of rotatable bonds is 5. The highest BCUT2D eigenvalue weighted by atomic mass is 32.1. The van der Waals surface area contributed by atoms with Crippen LogP contribution in [0.3, 0.4) is 0 Å². The predicted octanol–water partition coefficient (Wildman–Crippen LogP) is 5.32. The van der Waals surface area contributed by atoms with Gasteiger partial charge in [-0.2, -0.15) is 0 Å². The van der Waals surface area contributed by atoms with Gasteiger partial charge in [0.05, 0.1) is 23.3 Å². The minimum Gasteiger partial charge on any atom is -0.366 e. The van der Waals surface area contributed by atoms with Crippen molar-refractivity contribution in [1.82, 2.24) is 15.2 Å². The number of fused-ring (bicyclic) bond motifs is 1. The lowest BCUT2D eigenvalue weighted by Gasteiger charge is -2.41. The second-order valence-corrected chi connectivity index (χ2v) is 10.4. The fourth-order valence-corrected chi connectivity index (χ4v) is 5.48. The van der Waals surface area contributed by atoms with Crippen molar-refractivity contribution < 1.29 is 4.79 Å². The second-order valence-electron chi connectivity index (χ2n) is 9.99. The highest BCUT2D eigenvalue weighted by Gasteiger charge is 2.41. The molecule has 0 spiro atoms. The number of aromatic nitrogens is 1. The molecule has 2 aliphatic heterocycles. The van der Waals surface area contributed by atoms with E-state index in [0.717, 1.165) is 16.9 Å². The zero-order valence-electron chi connectivity index (χ0n) is 21.0. The molecule has 1 aromatic heterocycles. The Bertz CT molecular complexity index is 1320. The Morgan fingerprint density at radius 3 is 2.58 bits per heavy atom. The van der Waals surface area contributed by atoms with Gasteiger partial charge in [0.2, 0.25) is 5.91 Å². The van der Waals surface area contributed by atoms with Crippen molar-refractivity contribution in [2.24, 2.45) is 0 Å². The van der Waals surface area contributed by atoms with Crippen molar-refractivity contribution in [1.29, 1.82) is 0 Å². The van der Waals surface area contributed by atoms with Crippen molar-refractivity contribution in [2.75, 3.05) is 23.8 Å². The van der Waals surface area contributed by atoms with Gasteiger partial charge in [0.25, 0.3) is 0 Å². The molecule has 2 aliphatic rings. The molecule has 1 saturated heterocycles. The minimum absolute atomic E-state index is 0.0624. The molecule has 2 aromatic carbocycles. The number of hydrogen-bond donors (Lipinski definition) is 2. The molecule has 1 amide bonds. The summed E-state index contributed by atoms with van der Waals surface area (Å²) >= 11 is 5.76. The van der Waals surface area contributed by atoms with E-state index >= 15 is 0 Å². The SMILES string of the molecule is CC1=CC(C)(C)N(C)c2ccc([C@H]3[C@@H](c4ccccn4)NC(=S)N3CC(=O)Nc3ccccc3)cc21. The van der Waals surface area contributed by atoms with Gasteiger partial charge in [0.15, 0.2) is 5.11 Å². The van der Waals surface area contributed by atoms with Crippen molar-refractivity contribution in [2.45, 2.75) is 38.4 Å². The normalized spacial score (nSPS) is 20.4. The van der Waals surface area contributed by atoms with E-state index in [1.807, 2.05) is 53.4 Å². The minimum atomic E-state index is -0.188. The summed E-state index contributed by atoms with van der Waals surface area (Å²) in [6.45, 7) is 6.73. The van der Waals surface area contributed by atoms with Crippen LogP contribution in [0, 0.1) is 0 Å². The number of carbonyl (C=O) groups is 1. The van der Waals surface area contributed by atoms with Crippen molar-refractivity contribution in [3.8, 4) is 0 Å². The average molecular weight is 498 g/mol. The number of para-hydroxylation sites is 1. The molecule has 0 saturated carbocycles. The molecule has 1 fully saturated rings. The summed E-state index contributed by atoms with van der Waals surface area (Å²) in [5.41, 5.74) is 6.31. The van der Waals surface area contributed by atoms with Crippen molar-refractivity contribution >= 4 is 40.2 Å². The van der Waals surface area contributed by atoms with Gasteiger partial charge in [-0.25, -0.2) is 0 Å². The Balaban J connectivity index is 1.52. The van der Waals surface area contributed by atoms with E-state index in [4.69, 9.17) is 12.2 Å². The summed E-state index contributed by atoms with van der Waals surface area (Å²) in [4.78, 5) is 22.0.